The molecule has 0 unspecified atom stereocenters. The van der Waals surface area contributed by atoms with E-state index in [1.807, 2.05) is 0 Å². The van der Waals surface area contributed by atoms with Gasteiger partial charge in [-0.3, -0.25) is 4.79 Å². The van der Waals surface area contributed by atoms with Crippen molar-refractivity contribution in [3.8, 4) is 5.75 Å². The van der Waals surface area contributed by atoms with Crippen LogP contribution < -0.4 is 11.1 Å². The zero-order valence-electron chi connectivity index (χ0n) is 9.95. The highest BCUT2D eigenvalue weighted by atomic mass is 35.5. The Morgan fingerprint density at radius 1 is 1.10 bits per heavy atom. The van der Waals surface area contributed by atoms with Gasteiger partial charge in [0.15, 0.2) is 0 Å². The number of nitrogens with two attached hydrogens (primary N) is 1. The molecule has 0 saturated heterocycles. The molecule has 0 saturated carbocycles. The number of rotatable bonds is 2. The summed E-state index contributed by atoms with van der Waals surface area (Å²) in [7, 11) is 0. The van der Waals surface area contributed by atoms with Gasteiger partial charge in [0.25, 0.3) is 5.91 Å². The van der Waals surface area contributed by atoms with Crippen molar-refractivity contribution in [1.82, 2.24) is 0 Å². The van der Waals surface area contributed by atoms with Gasteiger partial charge in [0.05, 0.1) is 20.6 Å². The number of carbonyl (C=O) groups is 1. The maximum atomic E-state index is 12.1. The molecule has 1 amide bonds. The molecular weight excluding hydrogens is 323 g/mol. The number of carbonyl (C=O) groups excluding carboxylic acids is 1. The van der Waals surface area contributed by atoms with E-state index in [9.17, 15) is 9.90 Å². The number of phenols is 1. The second kappa shape index (κ2) is 5.79. The van der Waals surface area contributed by atoms with E-state index in [2.05, 4.69) is 5.32 Å². The van der Waals surface area contributed by atoms with Crippen LogP contribution in [-0.2, 0) is 0 Å². The molecule has 4 nitrogen and oxygen atoms in total. The lowest BCUT2D eigenvalue weighted by Gasteiger charge is -2.09. The minimum absolute atomic E-state index is 0.0588. The Bertz CT molecular complexity index is 666. The third-order valence-electron chi connectivity index (χ3n) is 2.52. The summed E-state index contributed by atoms with van der Waals surface area (Å²) in [5.41, 5.74) is 6.44. The first-order valence-electron chi connectivity index (χ1n) is 5.43. The maximum Gasteiger partial charge on any atom is 0.257 e. The van der Waals surface area contributed by atoms with E-state index in [0.717, 1.165) is 0 Å². The molecule has 0 aliphatic heterocycles. The minimum Gasteiger partial charge on any atom is -0.508 e. The van der Waals surface area contributed by atoms with Gasteiger partial charge in [0, 0.05) is 11.4 Å². The van der Waals surface area contributed by atoms with Crippen LogP contribution in [0, 0.1) is 0 Å². The third-order valence-corrected chi connectivity index (χ3v) is 3.72. The molecule has 0 heterocycles. The molecule has 4 N–H and O–H groups in total. The van der Waals surface area contributed by atoms with Crippen molar-refractivity contribution in [2.45, 2.75) is 0 Å². The fourth-order valence-corrected chi connectivity index (χ4v) is 2.16. The Hall–Kier alpha value is -1.62. The van der Waals surface area contributed by atoms with Gasteiger partial charge in [-0.25, -0.2) is 0 Å². The summed E-state index contributed by atoms with van der Waals surface area (Å²) in [6.07, 6.45) is 0. The van der Waals surface area contributed by atoms with Gasteiger partial charge in [-0.05, 0) is 30.3 Å². The summed E-state index contributed by atoms with van der Waals surface area (Å²) in [6.45, 7) is 0. The number of hydrogen-bond acceptors (Lipinski definition) is 3. The van der Waals surface area contributed by atoms with Crippen molar-refractivity contribution in [2.24, 2.45) is 0 Å². The van der Waals surface area contributed by atoms with Crippen molar-refractivity contribution >= 4 is 52.1 Å². The zero-order chi connectivity index (χ0) is 14.9. The smallest absolute Gasteiger partial charge is 0.257 e. The second-order valence-corrected chi connectivity index (χ2v) is 5.17. The number of amides is 1. The fourth-order valence-electron chi connectivity index (χ4n) is 1.57. The normalized spacial score (nSPS) is 10.3. The van der Waals surface area contributed by atoms with Crippen LogP contribution in [0.4, 0.5) is 11.4 Å². The first-order chi connectivity index (χ1) is 9.38. The number of phenolic OH excluding ortho intramolecular Hbond substituents is 1. The summed E-state index contributed by atoms with van der Waals surface area (Å²) in [6, 6.07) is 7.03. The van der Waals surface area contributed by atoms with Crippen molar-refractivity contribution in [1.29, 1.82) is 0 Å². The molecule has 0 bridgehead atoms. The van der Waals surface area contributed by atoms with E-state index in [-0.39, 0.29) is 32.1 Å². The van der Waals surface area contributed by atoms with Gasteiger partial charge in [-0.1, -0.05) is 34.8 Å². The molecule has 20 heavy (non-hydrogen) atoms. The summed E-state index contributed by atoms with van der Waals surface area (Å²) in [5.74, 6) is -0.552. The van der Waals surface area contributed by atoms with E-state index in [1.54, 1.807) is 0 Å². The molecule has 0 radical (unpaired) electrons. The van der Waals surface area contributed by atoms with Gasteiger partial charge in [-0.15, -0.1) is 0 Å². The van der Waals surface area contributed by atoms with E-state index in [1.165, 1.54) is 30.3 Å². The lowest BCUT2D eigenvalue weighted by molar-refractivity contribution is 0.102. The van der Waals surface area contributed by atoms with Gasteiger partial charge < -0.3 is 16.2 Å². The molecule has 7 heteroatoms. The molecule has 0 atom stereocenters. The monoisotopic (exact) mass is 330 g/mol. The van der Waals surface area contributed by atoms with Crippen LogP contribution in [0.5, 0.6) is 5.75 Å². The predicted octanol–water partition coefficient (Wildman–Crippen LogP) is 4.19. The standard InChI is InChI=1S/C13H9Cl3N2O2/c14-9-3-6(4-10(15)12(9)16)18-13(20)8-5-7(19)1-2-11(8)17/h1-5,19H,17H2,(H,18,20). The molecule has 0 aliphatic rings. The molecule has 2 rings (SSSR count). The van der Waals surface area contributed by atoms with Crippen molar-refractivity contribution in [3.63, 3.8) is 0 Å². The van der Waals surface area contributed by atoms with Crippen LogP contribution in [-0.4, -0.2) is 11.0 Å². The van der Waals surface area contributed by atoms with Gasteiger partial charge in [0.1, 0.15) is 5.75 Å². The number of halogens is 3. The second-order valence-electron chi connectivity index (χ2n) is 3.98. The number of benzene rings is 2. The first kappa shape index (κ1) is 14.8. The highest BCUT2D eigenvalue weighted by Gasteiger charge is 2.13. The van der Waals surface area contributed by atoms with Crippen LogP contribution in [0.2, 0.25) is 15.1 Å². The number of nitrogen functional groups attached to an aromatic ring is 1. The summed E-state index contributed by atoms with van der Waals surface area (Å²) < 4.78 is 0. The summed E-state index contributed by atoms with van der Waals surface area (Å²) in [5, 5.41) is 12.6. The lowest BCUT2D eigenvalue weighted by Crippen LogP contribution is -2.14. The van der Waals surface area contributed by atoms with Gasteiger partial charge in [0.2, 0.25) is 0 Å². The molecule has 0 aromatic heterocycles. The Kier molecular flexibility index (Phi) is 4.28. The van der Waals surface area contributed by atoms with Crippen molar-refractivity contribution < 1.29 is 9.90 Å². The predicted molar refractivity (Wildman–Crippen MR) is 81.9 cm³/mol. The van der Waals surface area contributed by atoms with Crippen LogP contribution in [0.1, 0.15) is 10.4 Å². The molecule has 2 aromatic carbocycles. The minimum atomic E-state index is -0.493. The Balaban J connectivity index is 2.30. The van der Waals surface area contributed by atoms with E-state index >= 15 is 0 Å². The van der Waals surface area contributed by atoms with Gasteiger partial charge >= 0.3 is 0 Å². The van der Waals surface area contributed by atoms with E-state index in [4.69, 9.17) is 40.5 Å². The Morgan fingerprint density at radius 3 is 2.30 bits per heavy atom. The van der Waals surface area contributed by atoms with Crippen molar-refractivity contribution in [2.75, 3.05) is 11.1 Å². The number of nitrogens with one attached hydrogen (secondary N) is 1. The summed E-state index contributed by atoms with van der Waals surface area (Å²) in [4.78, 5) is 12.1. The topological polar surface area (TPSA) is 75.3 Å². The quantitative estimate of drug-likeness (QED) is 0.439. The Morgan fingerprint density at radius 2 is 1.70 bits per heavy atom. The van der Waals surface area contributed by atoms with Crippen LogP contribution in [0.25, 0.3) is 0 Å². The highest BCUT2D eigenvalue weighted by Crippen LogP contribution is 2.33. The average Bonchev–Trinajstić information content (AvgIpc) is 2.38. The molecular formula is C13H9Cl3N2O2. The third kappa shape index (κ3) is 3.10. The van der Waals surface area contributed by atoms with E-state index in [0.29, 0.717) is 5.69 Å². The number of aromatic hydroxyl groups is 1. The number of hydrogen-bond donors (Lipinski definition) is 3. The average molecular weight is 332 g/mol. The van der Waals surface area contributed by atoms with Crippen LogP contribution >= 0.6 is 34.8 Å². The largest absolute Gasteiger partial charge is 0.508 e. The number of anilines is 2. The van der Waals surface area contributed by atoms with Crippen LogP contribution in [0.3, 0.4) is 0 Å². The van der Waals surface area contributed by atoms with Gasteiger partial charge in [-0.2, -0.15) is 0 Å². The summed E-state index contributed by atoms with van der Waals surface area (Å²) >= 11 is 17.6. The zero-order valence-corrected chi connectivity index (χ0v) is 12.2. The Labute approximate surface area is 130 Å². The van der Waals surface area contributed by atoms with E-state index < -0.39 is 5.91 Å². The molecule has 0 aliphatic carbocycles. The highest BCUT2D eigenvalue weighted by molar-refractivity contribution is 6.48. The molecule has 0 fully saturated rings. The SMILES string of the molecule is Nc1ccc(O)cc1C(=O)Nc1cc(Cl)c(Cl)c(Cl)c1. The van der Waals surface area contributed by atoms with Crippen molar-refractivity contribution in [3.05, 3.63) is 51.0 Å². The first-order valence-corrected chi connectivity index (χ1v) is 6.56. The molecule has 104 valence electrons. The van der Waals surface area contributed by atoms with Crippen LogP contribution in [0.15, 0.2) is 30.3 Å². The molecule has 0 spiro atoms. The molecule has 2 aromatic rings. The fraction of sp³-hybridized carbons (Fsp3) is 0. The lowest BCUT2D eigenvalue weighted by atomic mass is 10.1. The maximum absolute atomic E-state index is 12.1.